The minimum Gasteiger partial charge on any atom is -0.490 e. The van der Waals surface area contributed by atoms with Gasteiger partial charge in [0.2, 0.25) is 0 Å². The lowest BCUT2D eigenvalue weighted by Crippen LogP contribution is -2.18. The molecule has 0 spiro atoms. The molecule has 0 atom stereocenters. The van der Waals surface area contributed by atoms with Crippen molar-refractivity contribution in [2.24, 2.45) is 0 Å². The van der Waals surface area contributed by atoms with Crippen LogP contribution in [0.1, 0.15) is 38.3 Å². The number of aliphatic hydroxyl groups is 1. The summed E-state index contributed by atoms with van der Waals surface area (Å²) in [5.41, 5.74) is 1.18. The third kappa shape index (κ3) is 2.55. The molecule has 2 rings (SSSR count). The molecule has 0 bridgehead atoms. The lowest BCUT2D eigenvalue weighted by Gasteiger charge is -2.23. The van der Waals surface area contributed by atoms with Gasteiger partial charge in [0.05, 0.1) is 18.8 Å². The Bertz CT molecular complexity index is 405. The first-order valence-corrected chi connectivity index (χ1v) is 6.17. The van der Waals surface area contributed by atoms with Crippen LogP contribution in [0.25, 0.3) is 0 Å². The van der Waals surface area contributed by atoms with Crippen molar-refractivity contribution in [3.63, 3.8) is 0 Å². The molecule has 0 unspecified atom stereocenters. The van der Waals surface area contributed by atoms with Gasteiger partial charge < -0.3 is 14.6 Å². The Labute approximate surface area is 102 Å². The zero-order chi connectivity index (χ0) is 12.5. The first-order valence-electron chi connectivity index (χ1n) is 6.17. The van der Waals surface area contributed by atoms with Crippen molar-refractivity contribution in [1.82, 2.24) is 0 Å². The van der Waals surface area contributed by atoms with E-state index in [9.17, 15) is 5.11 Å². The highest BCUT2D eigenvalue weighted by atomic mass is 16.5. The Kier molecular flexibility index (Phi) is 3.29. The molecule has 0 saturated carbocycles. The topological polar surface area (TPSA) is 38.7 Å². The van der Waals surface area contributed by atoms with Crippen LogP contribution in [0.4, 0.5) is 0 Å². The predicted molar refractivity (Wildman–Crippen MR) is 66.7 cm³/mol. The summed E-state index contributed by atoms with van der Waals surface area (Å²) in [5, 5.41) is 10.2. The average molecular weight is 236 g/mol. The van der Waals surface area contributed by atoms with Gasteiger partial charge in [-0.25, -0.2) is 0 Å². The van der Waals surface area contributed by atoms with Gasteiger partial charge in [0.25, 0.3) is 0 Å². The summed E-state index contributed by atoms with van der Waals surface area (Å²) in [6.07, 6.45) is 1.77. The fourth-order valence-corrected chi connectivity index (χ4v) is 2.11. The maximum Gasteiger partial charge on any atom is 0.161 e. The van der Waals surface area contributed by atoms with Crippen LogP contribution in [0.2, 0.25) is 0 Å². The fraction of sp³-hybridized carbons (Fsp3) is 0.571. The van der Waals surface area contributed by atoms with Crippen LogP contribution in [-0.2, 0) is 12.0 Å². The molecule has 1 aromatic carbocycles. The number of aryl methyl sites for hydroxylation is 1. The van der Waals surface area contributed by atoms with E-state index >= 15 is 0 Å². The molecule has 0 fully saturated rings. The Balaban J connectivity index is 2.50. The molecule has 0 radical (unpaired) electrons. The largest absolute Gasteiger partial charge is 0.490 e. The van der Waals surface area contributed by atoms with E-state index in [-0.39, 0.29) is 0 Å². The van der Waals surface area contributed by atoms with E-state index in [1.807, 2.05) is 12.1 Å². The lowest BCUT2D eigenvalue weighted by atomic mass is 9.91. The van der Waals surface area contributed by atoms with Crippen molar-refractivity contribution in [2.45, 2.75) is 39.2 Å². The molecule has 0 aromatic heterocycles. The number of fused-ring (bicyclic) bond motifs is 1. The Morgan fingerprint density at radius 3 is 2.29 bits per heavy atom. The highest BCUT2D eigenvalue weighted by Crippen LogP contribution is 2.36. The Hall–Kier alpha value is -1.22. The van der Waals surface area contributed by atoms with Crippen LogP contribution >= 0.6 is 0 Å². The maximum absolute atomic E-state index is 10.2. The van der Waals surface area contributed by atoms with Gasteiger partial charge in [-0.05, 0) is 43.5 Å². The summed E-state index contributed by atoms with van der Waals surface area (Å²) in [4.78, 5) is 0. The summed E-state index contributed by atoms with van der Waals surface area (Å²) in [6, 6.07) is 3.91. The van der Waals surface area contributed by atoms with Gasteiger partial charge in [-0.1, -0.05) is 6.92 Å². The molecular weight excluding hydrogens is 216 g/mol. The van der Waals surface area contributed by atoms with Crippen LogP contribution in [0, 0.1) is 0 Å². The molecule has 1 N–H and O–H groups in total. The van der Waals surface area contributed by atoms with E-state index in [4.69, 9.17) is 9.47 Å². The molecular formula is C14H20O3. The van der Waals surface area contributed by atoms with E-state index < -0.39 is 5.60 Å². The van der Waals surface area contributed by atoms with Crippen LogP contribution < -0.4 is 9.47 Å². The molecule has 3 heteroatoms. The van der Waals surface area contributed by atoms with Gasteiger partial charge in [0.15, 0.2) is 11.5 Å². The third-order valence-corrected chi connectivity index (χ3v) is 3.01. The summed E-state index contributed by atoms with van der Waals surface area (Å²) < 4.78 is 11.3. The van der Waals surface area contributed by atoms with E-state index in [1.165, 1.54) is 0 Å². The monoisotopic (exact) mass is 236 g/mol. The van der Waals surface area contributed by atoms with Crippen LogP contribution in [0.15, 0.2) is 12.1 Å². The zero-order valence-electron chi connectivity index (χ0n) is 10.7. The normalized spacial score (nSPS) is 15.5. The van der Waals surface area contributed by atoms with Crippen molar-refractivity contribution in [3.05, 3.63) is 23.3 Å². The van der Waals surface area contributed by atoms with Crippen molar-refractivity contribution in [1.29, 1.82) is 0 Å². The molecule has 17 heavy (non-hydrogen) atoms. The summed E-state index contributed by atoms with van der Waals surface area (Å²) in [6.45, 7) is 7.03. The highest BCUT2D eigenvalue weighted by molar-refractivity contribution is 5.49. The molecule has 94 valence electrons. The molecule has 1 aliphatic heterocycles. The van der Waals surface area contributed by atoms with E-state index in [0.29, 0.717) is 13.2 Å². The van der Waals surface area contributed by atoms with Gasteiger partial charge in [0, 0.05) is 6.42 Å². The van der Waals surface area contributed by atoms with Crippen molar-refractivity contribution >= 4 is 0 Å². The SMILES string of the molecule is CCc1cc2c(cc1C(C)(C)O)OCCCO2. The molecule has 1 aromatic rings. The Morgan fingerprint density at radius 1 is 1.18 bits per heavy atom. The smallest absolute Gasteiger partial charge is 0.161 e. The molecule has 1 aliphatic rings. The summed E-state index contributed by atoms with van der Waals surface area (Å²) in [5.74, 6) is 1.55. The molecule has 3 nitrogen and oxygen atoms in total. The van der Waals surface area contributed by atoms with Gasteiger partial charge in [-0.2, -0.15) is 0 Å². The van der Waals surface area contributed by atoms with Gasteiger partial charge >= 0.3 is 0 Å². The van der Waals surface area contributed by atoms with E-state index in [1.54, 1.807) is 13.8 Å². The summed E-state index contributed by atoms with van der Waals surface area (Å²) >= 11 is 0. The molecule has 0 saturated heterocycles. The maximum atomic E-state index is 10.2. The molecule has 1 heterocycles. The minimum absolute atomic E-state index is 0.670. The first kappa shape index (κ1) is 12.2. The number of rotatable bonds is 2. The van der Waals surface area contributed by atoms with Gasteiger partial charge in [0.1, 0.15) is 0 Å². The standard InChI is InChI=1S/C14H20O3/c1-4-10-8-12-13(17-7-5-6-16-12)9-11(10)14(2,3)15/h8-9,15H,4-7H2,1-3H3. The van der Waals surface area contributed by atoms with Crippen LogP contribution in [0.5, 0.6) is 11.5 Å². The number of ether oxygens (including phenoxy) is 2. The highest BCUT2D eigenvalue weighted by Gasteiger charge is 2.23. The predicted octanol–water partition coefficient (Wildman–Crippen LogP) is 2.64. The van der Waals surface area contributed by atoms with Crippen molar-refractivity contribution in [3.8, 4) is 11.5 Å². The second kappa shape index (κ2) is 4.57. The Morgan fingerprint density at radius 2 is 1.76 bits per heavy atom. The first-order chi connectivity index (χ1) is 8.02. The number of hydrogen-bond acceptors (Lipinski definition) is 3. The van der Waals surface area contributed by atoms with Crippen LogP contribution in [0.3, 0.4) is 0 Å². The second-order valence-electron chi connectivity index (χ2n) is 4.92. The number of benzene rings is 1. The van der Waals surface area contributed by atoms with E-state index in [0.717, 1.165) is 35.5 Å². The summed E-state index contributed by atoms with van der Waals surface area (Å²) in [7, 11) is 0. The lowest BCUT2D eigenvalue weighted by molar-refractivity contribution is 0.0773. The quantitative estimate of drug-likeness (QED) is 0.858. The molecule has 0 amide bonds. The third-order valence-electron chi connectivity index (χ3n) is 3.01. The second-order valence-corrected chi connectivity index (χ2v) is 4.92. The van der Waals surface area contributed by atoms with Gasteiger partial charge in [-0.15, -0.1) is 0 Å². The minimum atomic E-state index is -0.851. The van der Waals surface area contributed by atoms with Crippen molar-refractivity contribution in [2.75, 3.05) is 13.2 Å². The van der Waals surface area contributed by atoms with E-state index in [2.05, 4.69) is 6.92 Å². The zero-order valence-corrected chi connectivity index (χ0v) is 10.7. The van der Waals surface area contributed by atoms with Crippen LogP contribution in [-0.4, -0.2) is 18.3 Å². The van der Waals surface area contributed by atoms with Gasteiger partial charge in [-0.3, -0.25) is 0 Å². The number of hydrogen-bond donors (Lipinski definition) is 1. The van der Waals surface area contributed by atoms with Crippen molar-refractivity contribution < 1.29 is 14.6 Å². The average Bonchev–Trinajstić information content (AvgIpc) is 2.50. The molecule has 0 aliphatic carbocycles. The fourth-order valence-electron chi connectivity index (χ4n) is 2.11.